The Morgan fingerprint density at radius 2 is 2.38 bits per heavy atom. The van der Waals surface area contributed by atoms with E-state index in [1.165, 1.54) is 7.11 Å². The smallest absolute Gasteiger partial charge is 0.406 e. The Labute approximate surface area is 47.5 Å². The van der Waals surface area contributed by atoms with Crippen molar-refractivity contribution in [2.24, 2.45) is 0 Å². The summed E-state index contributed by atoms with van der Waals surface area (Å²) in [6.45, 7) is 1.61. The van der Waals surface area contributed by atoms with Gasteiger partial charge in [-0.2, -0.15) is 0 Å². The molecule has 0 aliphatic rings. The normalized spacial score (nSPS) is 12.8. The Kier molecular flexibility index (Phi) is 2.95. The second kappa shape index (κ2) is 3.26. The minimum Gasteiger partial charge on any atom is -0.465 e. The molecule has 4 nitrogen and oxygen atoms in total. The zero-order chi connectivity index (χ0) is 6.57. The zero-order valence-electron chi connectivity index (χ0n) is 4.84. The van der Waals surface area contributed by atoms with Crippen molar-refractivity contribution in [3.8, 4) is 0 Å². The molecule has 8 heavy (non-hydrogen) atoms. The van der Waals surface area contributed by atoms with Gasteiger partial charge in [0.2, 0.25) is 0 Å². The van der Waals surface area contributed by atoms with Crippen LogP contribution in [0.5, 0.6) is 0 Å². The first kappa shape index (κ1) is 7.23. The number of nitrogens with one attached hydrogen (secondary N) is 1. The predicted octanol–water partition coefficient (Wildman–Crippen LogP) is 0.246. The molecule has 1 unspecified atom stereocenters. The van der Waals surface area contributed by atoms with Gasteiger partial charge in [0.25, 0.3) is 0 Å². The summed E-state index contributed by atoms with van der Waals surface area (Å²) in [6, 6.07) is 0. The fraction of sp³-hybridized carbons (Fsp3) is 0.750. The van der Waals surface area contributed by atoms with Crippen LogP contribution in [0.3, 0.4) is 0 Å². The van der Waals surface area contributed by atoms with E-state index in [1.807, 2.05) is 0 Å². The first-order valence-corrected chi connectivity index (χ1v) is 2.19. The van der Waals surface area contributed by atoms with Crippen LogP contribution in [-0.2, 0) is 4.74 Å². The highest BCUT2D eigenvalue weighted by molar-refractivity contribution is 5.64. The third-order valence-corrected chi connectivity index (χ3v) is 0.680. The van der Waals surface area contributed by atoms with E-state index in [1.54, 1.807) is 6.92 Å². The van der Waals surface area contributed by atoms with E-state index in [0.29, 0.717) is 0 Å². The van der Waals surface area contributed by atoms with Crippen LogP contribution < -0.4 is 5.32 Å². The summed E-state index contributed by atoms with van der Waals surface area (Å²) in [7, 11) is 1.43. The van der Waals surface area contributed by atoms with Crippen LogP contribution >= 0.6 is 0 Å². The second-order valence-corrected chi connectivity index (χ2v) is 1.33. The Bertz CT molecular complexity index is 83.4. The molecule has 0 saturated heterocycles. The van der Waals surface area contributed by atoms with E-state index in [-0.39, 0.29) is 0 Å². The van der Waals surface area contributed by atoms with E-state index in [0.717, 1.165) is 0 Å². The Morgan fingerprint density at radius 3 is 2.50 bits per heavy atom. The van der Waals surface area contributed by atoms with Gasteiger partial charge >= 0.3 is 6.09 Å². The van der Waals surface area contributed by atoms with Crippen LogP contribution in [0.2, 0.25) is 0 Å². The maximum Gasteiger partial charge on any atom is 0.406 e. The summed E-state index contributed by atoms with van der Waals surface area (Å²) in [5, 5.41) is 10.1. The van der Waals surface area contributed by atoms with Crippen LogP contribution in [-0.4, -0.2) is 24.5 Å². The molecule has 0 radical (unpaired) electrons. The van der Waals surface area contributed by atoms with Gasteiger partial charge in [-0.3, -0.25) is 5.32 Å². The molecule has 0 aromatic rings. The highest BCUT2D eigenvalue weighted by atomic mass is 16.5. The highest BCUT2D eigenvalue weighted by Crippen LogP contribution is 1.78. The molecule has 0 aliphatic carbocycles. The monoisotopic (exact) mass is 119 g/mol. The molecule has 0 spiro atoms. The number of hydrogen-bond donors (Lipinski definition) is 2. The average molecular weight is 119 g/mol. The van der Waals surface area contributed by atoms with E-state index in [4.69, 9.17) is 5.11 Å². The average Bonchev–Trinajstić information content (AvgIpc) is 1.65. The van der Waals surface area contributed by atoms with Gasteiger partial charge < -0.3 is 9.84 Å². The van der Waals surface area contributed by atoms with Gasteiger partial charge in [0.05, 0.1) is 0 Å². The van der Waals surface area contributed by atoms with Crippen molar-refractivity contribution in [2.45, 2.75) is 13.2 Å². The first-order chi connectivity index (χ1) is 3.66. The van der Waals surface area contributed by atoms with E-state index in [9.17, 15) is 4.79 Å². The molecule has 0 fully saturated rings. The number of hydrogen-bond acceptors (Lipinski definition) is 2. The number of methoxy groups -OCH3 is 1. The van der Waals surface area contributed by atoms with Crippen LogP contribution in [0.4, 0.5) is 4.79 Å². The van der Waals surface area contributed by atoms with Crippen LogP contribution in [0.15, 0.2) is 0 Å². The molecule has 4 heteroatoms. The van der Waals surface area contributed by atoms with E-state index >= 15 is 0 Å². The van der Waals surface area contributed by atoms with Crippen molar-refractivity contribution in [1.82, 2.24) is 5.32 Å². The fourth-order valence-electron chi connectivity index (χ4n) is 0.233. The molecule has 1 atom stereocenters. The predicted molar refractivity (Wildman–Crippen MR) is 27.6 cm³/mol. The maximum absolute atomic E-state index is 9.78. The lowest BCUT2D eigenvalue weighted by Crippen LogP contribution is -2.32. The summed E-state index contributed by atoms with van der Waals surface area (Å²) in [4.78, 5) is 9.78. The Hall–Kier alpha value is -0.770. The molecular formula is C4H9NO3. The number of rotatable bonds is 2. The molecule has 0 saturated carbocycles. The second-order valence-electron chi connectivity index (χ2n) is 1.33. The molecule has 1 amide bonds. The number of carbonyl (C=O) groups is 1. The van der Waals surface area contributed by atoms with Gasteiger partial charge in [-0.25, -0.2) is 4.79 Å². The van der Waals surface area contributed by atoms with Crippen molar-refractivity contribution in [1.29, 1.82) is 0 Å². The lowest BCUT2D eigenvalue weighted by Gasteiger charge is -2.06. The lowest BCUT2D eigenvalue weighted by atomic mass is 10.6. The van der Waals surface area contributed by atoms with Gasteiger partial charge in [-0.15, -0.1) is 0 Å². The highest BCUT2D eigenvalue weighted by Gasteiger charge is 1.99. The molecule has 0 aromatic heterocycles. The quantitative estimate of drug-likeness (QED) is 0.512. The zero-order valence-corrected chi connectivity index (χ0v) is 4.84. The van der Waals surface area contributed by atoms with Gasteiger partial charge in [-0.1, -0.05) is 0 Å². The minimum absolute atomic E-state index is 0.424. The molecule has 0 aliphatic heterocycles. The summed E-state index contributed by atoms with van der Waals surface area (Å²) in [6.07, 6.45) is -1.49. The molecule has 0 bridgehead atoms. The molecule has 0 rings (SSSR count). The number of carboxylic acid groups (broad SMARTS) is 1. The summed E-state index contributed by atoms with van der Waals surface area (Å²) in [5.41, 5.74) is 0. The molecule has 48 valence electrons. The third kappa shape index (κ3) is 3.42. The first-order valence-electron chi connectivity index (χ1n) is 2.19. The molecule has 0 aromatic carbocycles. The van der Waals surface area contributed by atoms with Crippen LogP contribution in [0.1, 0.15) is 6.92 Å². The lowest BCUT2D eigenvalue weighted by molar-refractivity contribution is 0.0854. The van der Waals surface area contributed by atoms with Gasteiger partial charge in [0.1, 0.15) is 6.23 Å². The van der Waals surface area contributed by atoms with Gasteiger partial charge in [0, 0.05) is 7.11 Å². The Morgan fingerprint density at radius 1 is 1.88 bits per heavy atom. The fourth-order valence-corrected chi connectivity index (χ4v) is 0.233. The number of amides is 1. The van der Waals surface area contributed by atoms with Gasteiger partial charge in [0.15, 0.2) is 0 Å². The van der Waals surface area contributed by atoms with Crippen molar-refractivity contribution >= 4 is 6.09 Å². The third-order valence-electron chi connectivity index (χ3n) is 0.680. The molecule has 0 heterocycles. The topological polar surface area (TPSA) is 58.6 Å². The van der Waals surface area contributed by atoms with Crippen molar-refractivity contribution < 1.29 is 14.6 Å². The van der Waals surface area contributed by atoms with Crippen molar-refractivity contribution in [3.05, 3.63) is 0 Å². The Balaban J connectivity index is 3.24. The number of ether oxygens (including phenoxy) is 1. The summed E-state index contributed by atoms with van der Waals surface area (Å²) >= 11 is 0. The van der Waals surface area contributed by atoms with E-state index < -0.39 is 12.3 Å². The standard InChI is InChI=1S/C4H9NO3/c1-3(8-2)5-4(6)7/h3,5H,1-2H3,(H,6,7). The van der Waals surface area contributed by atoms with E-state index in [2.05, 4.69) is 10.1 Å². The maximum atomic E-state index is 9.78. The van der Waals surface area contributed by atoms with Crippen LogP contribution in [0.25, 0.3) is 0 Å². The van der Waals surface area contributed by atoms with Gasteiger partial charge in [-0.05, 0) is 6.92 Å². The summed E-state index contributed by atoms with van der Waals surface area (Å²) in [5.74, 6) is 0. The van der Waals surface area contributed by atoms with Crippen LogP contribution in [0, 0.1) is 0 Å². The minimum atomic E-state index is -1.07. The largest absolute Gasteiger partial charge is 0.465 e. The SMILES string of the molecule is COC(C)NC(=O)O. The summed E-state index contributed by atoms with van der Waals surface area (Å²) < 4.78 is 4.57. The van der Waals surface area contributed by atoms with Crippen molar-refractivity contribution in [2.75, 3.05) is 7.11 Å². The molecule has 2 N–H and O–H groups in total. The molecular weight excluding hydrogens is 110 g/mol. The van der Waals surface area contributed by atoms with Crippen molar-refractivity contribution in [3.63, 3.8) is 0 Å².